The summed E-state index contributed by atoms with van der Waals surface area (Å²) in [5.74, 6) is 1.06. The number of nitrogens with zero attached hydrogens (tertiary/aromatic N) is 3. The van der Waals surface area contributed by atoms with Gasteiger partial charge in [-0.2, -0.15) is 0 Å². The highest BCUT2D eigenvalue weighted by Gasteiger charge is 2.13. The Hall–Kier alpha value is -1.75. The molecule has 0 radical (unpaired) electrons. The monoisotopic (exact) mass is 301 g/mol. The zero-order chi connectivity index (χ0) is 14.7. The lowest BCUT2D eigenvalue weighted by Gasteiger charge is -2.20. The molecule has 1 fully saturated rings. The summed E-state index contributed by atoms with van der Waals surface area (Å²) in [6.45, 7) is 3.73. The Balaban J connectivity index is 1.77. The molecule has 3 rings (SSSR count). The summed E-state index contributed by atoms with van der Waals surface area (Å²) in [6.07, 6.45) is 5.09. The molecule has 2 aromatic heterocycles. The lowest BCUT2D eigenvalue weighted by Crippen LogP contribution is -2.25. The van der Waals surface area contributed by atoms with E-state index in [4.69, 9.17) is 0 Å². The molecule has 5 heteroatoms. The van der Waals surface area contributed by atoms with Gasteiger partial charge in [-0.3, -0.25) is 4.79 Å². The number of thiophene rings is 1. The van der Waals surface area contributed by atoms with Crippen molar-refractivity contribution >= 4 is 22.9 Å². The van der Waals surface area contributed by atoms with Gasteiger partial charge in [0.25, 0.3) is 0 Å². The van der Waals surface area contributed by atoms with Crippen LogP contribution < -0.4 is 4.90 Å². The fourth-order valence-corrected chi connectivity index (χ4v) is 3.46. The number of aromatic nitrogens is 2. The number of hydrogen-bond acceptors (Lipinski definition) is 5. The van der Waals surface area contributed by atoms with Crippen molar-refractivity contribution in [3.8, 4) is 10.6 Å². The van der Waals surface area contributed by atoms with Crippen molar-refractivity contribution in [2.24, 2.45) is 0 Å². The Bertz CT molecular complexity index is 613. The highest BCUT2D eigenvalue weighted by atomic mass is 32.1. The number of anilines is 1. The summed E-state index contributed by atoms with van der Waals surface area (Å²) in [7, 11) is 0. The summed E-state index contributed by atoms with van der Waals surface area (Å²) in [4.78, 5) is 15.4. The van der Waals surface area contributed by atoms with Crippen LogP contribution in [0.1, 0.15) is 42.3 Å². The molecule has 1 saturated heterocycles. The van der Waals surface area contributed by atoms with Gasteiger partial charge >= 0.3 is 0 Å². The van der Waals surface area contributed by atoms with E-state index in [9.17, 15) is 4.79 Å². The number of carbonyl (C=O) groups is 1. The number of hydrogen-bond donors (Lipinski definition) is 0. The number of carbonyl (C=O) groups excluding carboxylic acids is 1. The largest absolute Gasteiger partial charge is 0.355 e. The van der Waals surface area contributed by atoms with Gasteiger partial charge in [0.15, 0.2) is 11.6 Å². The van der Waals surface area contributed by atoms with Gasteiger partial charge in [-0.25, -0.2) is 0 Å². The zero-order valence-electron chi connectivity index (χ0n) is 12.2. The zero-order valence-corrected chi connectivity index (χ0v) is 13.0. The normalized spacial score (nSPS) is 15.8. The first-order valence-corrected chi connectivity index (χ1v) is 8.25. The average molecular weight is 301 g/mol. The SMILES string of the molecule is CC(=O)c1ccc(-c2ccc(N3CCCCCC3)nn2)s1. The quantitative estimate of drug-likeness (QED) is 0.809. The second kappa shape index (κ2) is 6.35. The molecule has 1 aliphatic rings. The number of Topliss-reactive ketones (excluding diaryl/α,β-unsaturated/α-hetero) is 1. The Kier molecular flexibility index (Phi) is 4.29. The van der Waals surface area contributed by atoms with Crippen LogP contribution in [0.3, 0.4) is 0 Å². The Morgan fingerprint density at radius 2 is 1.81 bits per heavy atom. The van der Waals surface area contributed by atoms with Crippen LogP contribution >= 0.6 is 11.3 Å². The molecule has 0 amide bonds. The van der Waals surface area contributed by atoms with Crippen LogP contribution in [0.5, 0.6) is 0 Å². The highest BCUT2D eigenvalue weighted by Crippen LogP contribution is 2.27. The van der Waals surface area contributed by atoms with E-state index in [0.29, 0.717) is 0 Å². The third kappa shape index (κ3) is 3.29. The molecule has 0 saturated carbocycles. The van der Waals surface area contributed by atoms with Gasteiger partial charge in [-0.1, -0.05) is 12.8 Å². The third-order valence-corrected chi connectivity index (χ3v) is 4.99. The molecule has 0 aromatic carbocycles. The average Bonchev–Trinajstić information content (AvgIpc) is 2.84. The Morgan fingerprint density at radius 1 is 1.05 bits per heavy atom. The standard InChI is InChI=1S/C16H19N3OS/c1-12(20)14-7-8-15(21-14)13-6-9-16(18-17-13)19-10-4-2-3-5-11-19/h6-9H,2-5,10-11H2,1H3. The Morgan fingerprint density at radius 3 is 2.38 bits per heavy atom. The predicted molar refractivity (Wildman–Crippen MR) is 86.0 cm³/mol. The summed E-state index contributed by atoms with van der Waals surface area (Å²) in [5.41, 5.74) is 0.839. The molecular weight excluding hydrogens is 282 g/mol. The molecular formula is C16H19N3OS. The van der Waals surface area contributed by atoms with Gasteiger partial charge in [0, 0.05) is 13.1 Å². The van der Waals surface area contributed by atoms with Crippen molar-refractivity contribution in [3.63, 3.8) is 0 Å². The number of ketones is 1. The molecule has 0 atom stereocenters. The van der Waals surface area contributed by atoms with Crippen molar-refractivity contribution in [3.05, 3.63) is 29.1 Å². The maximum absolute atomic E-state index is 11.4. The second-order valence-corrected chi connectivity index (χ2v) is 6.48. The summed E-state index contributed by atoms with van der Waals surface area (Å²) in [5, 5.41) is 8.71. The lowest BCUT2D eigenvalue weighted by molar-refractivity contribution is 0.102. The fraction of sp³-hybridized carbons (Fsp3) is 0.438. The highest BCUT2D eigenvalue weighted by molar-refractivity contribution is 7.17. The lowest BCUT2D eigenvalue weighted by atomic mass is 10.2. The predicted octanol–water partition coefficient (Wildman–Crippen LogP) is 3.79. The van der Waals surface area contributed by atoms with E-state index in [1.54, 1.807) is 6.92 Å². The third-order valence-electron chi connectivity index (χ3n) is 3.79. The molecule has 0 spiro atoms. The van der Waals surface area contributed by atoms with E-state index in [-0.39, 0.29) is 5.78 Å². The van der Waals surface area contributed by atoms with Crippen LogP contribution in [-0.2, 0) is 0 Å². The van der Waals surface area contributed by atoms with E-state index in [2.05, 4.69) is 15.1 Å². The van der Waals surface area contributed by atoms with E-state index in [1.165, 1.54) is 37.0 Å². The van der Waals surface area contributed by atoms with Crippen molar-refractivity contribution in [2.45, 2.75) is 32.6 Å². The van der Waals surface area contributed by atoms with Gasteiger partial charge in [0.1, 0.15) is 5.69 Å². The van der Waals surface area contributed by atoms with Gasteiger partial charge in [0.2, 0.25) is 0 Å². The van der Waals surface area contributed by atoms with Crippen molar-refractivity contribution in [2.75, 3.05) is 18.0 Å². The molecule has 0 aliphatic carbocycles. The van der Waals surface area contributed by atoms with E-state index in [0.717, 1.165) is 34.4 Å². The summed E-state index contributed by atoms with van der Waals surface area (Å²) in [6, 6.07) is 7.84. The molecule has 3 heterocycles. The van der Waals surface area contributed by atoms with Crippen LogP contribution in [0.25, 0.3) is 10.6 Å². The second-order valence-electron chi connectivity index (χ2n) is 5.40. The van der Waals surface area contributed by atoms with Crippen LogP contribution in [0.2, 0.25) is 0 Å². The topological polar surface area (TPSA) is 46.1 Å². The van der Waals surface area contributed by atoms with E-state index < -0.39 is 0 Å². The minimum atomic E-state index is 0.0976. The molecule has 4 nitrogen and oxygen atoms in total. The van der Waals surface area contributed by atoms with Crippen LogP contribution in [-0.4, -0.2) is 29.1 Å². The minimum absolute atomic E-state index is 0.0976. The first kappa shape index (κ1) is 14.2. The molecule has 110 valence electrons. The molecule has 21 heavy (non-hydrogen) atoms. The molecule has 0 unspecified atom stereocenters. The van der Waals surface area contributed by atoms with Crippen LogP contribution in [0.4, 0.5) is 5.82 Å². The maximum Gasteiger partial charge on any atom is 0.169 e. The maximum atomic E-state index is 11.4. The Labute approximate surface area is 128 Å². The van der Waals surface area contributed by atoms with E-state index >= 15 is 0 Å². The summed E-state index contributed by atoms with van der Waals surface area (Å²) >= 11 is 1.47. The van der Waals surface area contributed by atoms with Crippen LogP contribution in [0, 0.1) is 0 Å². The number of rotatable bonds is 3. The smallest absolute Gasteiger partial charge is 0.169 e. The van der Waals surface area contributed by atoms with Gasteiger partial charge in [-0.05, 0) is 44.0 Å². The van der Waals surface area contributed by atoms with Gasteiger partial charge in [0.05, 0.1) is 9.75 Å². The minimum Gasteiger partial charge on any atom is -0.355 e. The molecule has 0 bridgehead atoms. The molecule has 0 N–H and O–H groups in total. The summed E-state index contributed by atoms with van der Waals surface area (Å²) < 4.78 is 0. The fourth-order valence-electron chi connectivity index (χ4n) is 2.59. The van der Waals surface area contributed by atoms with E-state index in [1.807, 2.05) is 24.3 Å². The molecule has 1 aliphatic heterocycles. The van der Waals surface area contributed by atoms with Crippen LogP contribution in [0.15, 0.2) is 24.3 Å². The van der Waals surface area contributed by atoms with Crippen molar-refractivity contribution < 1.29 is 4.79 Å². The first-order chi connectivity index (χ1) is 10.2. The van der Waals surface area contributed by atoms with Crippen molar-refractivity contribution in [1.82, 2.24) is 10.2 Å². The van der Waals surface area contributed by atoms with Gasteiger partial charge < -0.3 is 4.90 Å². The van der Waals surface area contributed by atoms with Crippen molar-refractivity contribution in [1.29, 1.82) is 0 Å². The molecule has 2 aromatic rings. The van der Waals surface area contributed by atoms with Gasteiger partial charge in [-0.15, -0.1) is 21.5 Å². The first-order valence-electron chi connectivity index (χ1n) is 7.44.